The third kappa shape index (κ3) is 4.46. The summed E-state index contributed by atoms with van der Waals surface area (Å²) in [5, 5.41) is 11.8. The van der Waals surface area contributed by atoms with E-state index >= 15 is 0 Å². The van der Waals surface area contributed by atoms with Gasteiger partial charge in [0, 0.05) is 10.4 Å². The molecule has 2 N–H and O–H groups in total. The number of aliphatic carboxylic acids is 1. The molecule has 7 heteroatoms. The van der Waals surface area contributed by atoms with Crippen molar-refractivity contribution in [3.8, 4) is 11.1 Å². The Morgan fingerprint density at radius 2 is 1.65 bits per heavy atom. The molecule has 0 saturated heterocycles. The highest BCUT2D eigenvalue weighted by molar-refractivity contribution is 9.10. The topological polar surface area (TPSA) is 75.6 Å². The van der Waals surface area contributed by atoms with E-state index in [-0.39, 0.29) is 12.5 Å². The average Bonchev–Trinajstić information content (AvgIpc) is 3.07. The van der Waals surface area contributed by atoms with Gasteiger partial charge in [0.05, 0.1) is 12.5 Å². The summed E-state index contributed by atoms with van der Waals surface area (Å²) in [6, 6.07) is 18.9. The molecule has 0 radical (unpaired) electrons. The number of hydrogen-bond donors (Lipinski definition) is 2. The summed E-state index contributed by atoms with van der Waals surface area (Å²) in [5.74, 6) is -1.76. The van der Waals surface area contributed by atoms with Crippen LogP contribution in [0.1, 0.15) is 35.1 Å². The first-order valence-corrected chi connectivity index (χ1v) is 10.5. The van der Waals surface area contributed by atoms with Crippen molar-refractivity contribution in [2.75, 3.05) is 6.61 Å². The van der Waals surface area contributed by atoms with E-state index in [0.29, 0.717) is 10.0 Å². The number of fused-ring (bicyclic) bond motifs is 3. The number of rotatable bonds is 6. The second kappa shape index (κ2) is 8.89. The van der Waals surface area contributed by atoms with Gasteiger partial charge in [-0.05, 0) is 46.0 Å². The van der Waals surface area contributed by atoms with Gasteiger partial charge < -0.3 is 15.2 Å². The Balaban J connectivity index is 1.50. The molecule has 3 aromatic rings. The van der Waals surface area contributed by atoms with Crippen molar-refractivity contribution < 1.29 is 23.8 Å². The van der Waals surface area contributed by atoms with Crippen LogP contribution in [-0.2, 0) is 9.53 Å². The molecule has 1 aliphatic carbocycles. The fourth-order valence-electron chi connectivity index (χ4n) is 3.98. The molecule has 0 heterocycles. The van der Waals surface area contributed by atoms with Gasteiger partial charge in [-0.25, -0.2) is 9.18 Å². The van der Waals surface area contributed by atoms with Gasteiger partial charge in [0.2, 0.25) is 0 Å². The molecular formula is C24H19BrFNO4. The number of benzene rings is 3. The van der Waals surface area contributed by atoms with Crippen LogP contribution < -0.4 is 5.32 Å². The van der Waals surface area contributed by atoms with E-state index in [1.165, 1.54) is 18.2 Å². The Morgan fingerprint density at radius 1 is 1.03 bits per heavy atom. The number of carbonyl (C=O) groups is 2. The summed E-state index contributed by atoms with van der Waals surface area (Å²) in [6.07, 6.45) is -1.17. The monoisotopic (exact) mass is 483 g/mol. The van der Waals surface area contributed by atoms with Gasteiger partial charge >= 0.3 is 12.1 Å². The SMILES string of the molecule is O=C(O)C[C@H](NC(=O)OCC1c2ccccc2-c2ccccc21)c1cc(F)ccc1Br. The van der Waals surface area contributed by atoms with E-state index < -0.39 is 30.3 Å². The van der Waals surface area contributed by atoms with Gasteiger partial charge in [0.1, 0.15) is 12.4 Å². The first kappa shape index (κ1) is 21.1. The second-order valence-electron chi connectivity index (χ2n) is 7.29. The fraction of sp³-hybridized carbons (Fsp3) is 0.167. The first-order chi connectivity index (χ1) is 14.9. The molecule has 0 aromatic heterocycles. The largest absolute Gasteiger partial charge is 0.481 e. The molecule has 0 bridgehead atoms. The predicted molar refractivity (Wildman–Crippen MR) is 117 cm³/mol. The maximum Gasteiger partial charge on any atom is 0.407 e. The van der Waals surface area contributed by atoms with Crippen LogP contribution in [0.2, 0.25) is 0 Å². The Morgan fingerprint density at radius 3 is 2.26 bits per heavy atom. The van der Waals surface area contributed by atoms with E-state index in [1.807, 2.05) is 48.5 Å². The van der Waals surface area contributed by atoms with E-state index in [4.69, 9.17) is 4.74 Å². The van der Waals surface area contributed by atoms with Gasteiger partial charge in [-0.15, -0.1) is 0 Å². The number of nitrogens with one attached hydrogen (secondary N) is 1. The summed E-state index contributed by atoms with van der Waals surface area (Å²) in [6.45, 7) is 0.101. The van der Waals surface area contributed by atoms with Crippen LogP contribution in [0, 0.1) is 5.82 Å². The predicted octanol–water partition coefficient (Wildman–Crippen LogP) is 5.64. The van der Waals surface area contributed by atoms with Crippen LogP contribution in [0.5, 0.6) is 0 Å². The summed E-state index contributed by atoms with van der Waals surface area (Å²) in [4.78, 5) is 23.9. The van der Waals surface area contributed by atoms with E-state index in [0.717, 1.165) is 22.3 Å². The maximum atomic E-state index is 13.7. The smallest absolute Gasteiger partial charge is 0.407 e. The van der Waals surface area contributed by atoms with Gasteiger partial charge in [-0.2, -0.15) is 0 Å². The van der Waals surface area contributed by atoms with Crippen molar-refractivity contribution in [1.29, 1.82) is 0 Å². The first-order valence-electron chi connectivity index (χ1n) is 9.72. The number of carboxylic acid groups (broad SMARTS) is 1. The molecule has 31 heavy (non-hydrogen) atoms. The minimum absolute atomic E-state index is 0.101. The lowest BCUT2D eigenvalue weighted by Crippen LogP contribution is -2.32. The normalized spacial score (nSPS) is 13.2. The number of alkyl carbamates (subject to hydrolysis) is 1. The third-order valence-electron chi connectivity index (χ3n) is 5.35. The van der Waals surface area contributed by atoms with Gasteiger partial charge in [-0.3, -0.25) is 4.79 Å². The Bertz CT molecular complexity index is 1100. The van der Waals surface area contributed by atoms with Gasteiger partial charge in [-0.1, -0.05) is 64.5 Å². The lowest BCUT2D eigenvalue weighted by Gasteiger charge is -2.20. The quantitative estimate of drug-likeness (QED) is 0.475. The van der Waals surface area contributed by atoms with Gasteiger partial charge in [0.25, 0.3) is 0 Å². The molecule has 1 aliphatic rings. The zero-order valence-electron chi connectivity index (χ0n) is 16.3. The Kier molecular flexibility index (Phi) is 6.04. The van der Waals surface area contributed by atoms with Crippen molar-refractivity contribution in [2.24, 2.45) is 0 Å². The molecule has 0 saturated carbocycles. The molecule has 3 aromatic carbocycles. The summed E-state index contributed by atoms with van der Waals surface area (Å²) in [7, 11) is 0. The lowest BCUT2D eigenvalue weighted by atomic mass is 9.98. The number of ether oxygens (including phenoxy) is 1. The summed E-state index contributed by atoms with van der Waals surface area (Å²) in [5.41, 5.74) is 4.70. The minimum atomic E-state index is -1.12. The molecule has 158 valence electrons. The van der Waals surface area contributed by atoms with Crippen LogP contribution >= 0.6 is 15.9 Å². The third-order valence-corrected chi connectivity index (χ3v) is 6.07. The van der Waals surface area contributed by atoms with E-state index in [1.54, 1.807) is 0 Å². The van der Waals surface area contributed by atoms with Crippen molar-refractivity contribution >= 4 is 28.0 Å². The molecule has 0 unspecified atom stereocenters. The molecule has 1 atom stereocenters. The van der Waals surface area contributed by atoms with E-state index in [2.05, 4.69) is 21.2 Å². The summed E-state index contributed by atoms with van der Waals surface area (Å²) >= 11 is 3.29. The second-order valence-corrected chi connectivity index (χ2v) is 8.14. The van der Waals surface area contributed by atoms with Crippen molar-refractivity contribution in [3.63, 3.8) is 0 Å². The molecule has 5 nitrogen and oxygen atoms in total. The Hall–Kier alpha value is -3.19. The molecule has 0 fully saturated rings. The highest BCUT2D eigenvalue weighted by Crippen LogP contribution is 2.44. The minimum Gasteiger partial charge on any atom is -0.481 e. The molecular weight excluding hydrogens is 465 g/mol. The van der Waals surface area contributed by atoms with Crippen molar-refractivity contribution in [1.82, 2.24) is 5.32 Å². The fourth-order valence-corrected chi connectivity index (χ4v) is 4.50. The van der Waals surface area contributed by atoms with Crippen LogP contribution in [0.15, 0.2) is 71.2 Å². The lowest BCUT2D eigenvalue weighted by molar-refractivity contribution is -0.137. The molecule has 0 aliphatic heterocycles. The van der Waals surface area contributed by atoms with Crippen molar-refractivity contribution in [3.05, 3.63) is 93.7 Å². The molecule has 1 amide bonds. The summed E-state index contributed by atoms with van der Waals surface area (Å²) < 4.78 is 19.7. The average molecular weight is 484 g/mol. The number of carbonyl (C=O) groups excluding carboxylic acids is 1. The number of halogens is 2. The van der Waals surface area contributed by atoms with Crippen LogP contribution in [0.4, 0.5) is 9.18 Å². The number of amides is 1. The highest BCUT2D eigenvalue weighted by Gasteiger charge is 2.29. The van der Waals surface area contributed by atoms with Crippen LogP contribution in [0.3, 0.4) is 0 Å². The highest BCUT2D eigenvalue weighted by atomic mass is 79.9. The van der Waals surface area contributed by atoms with Crippen LogP contribution in [0.25, 0.3) is 11.1 Å². The molecule has 4 rings (SSSR count). The van der Waals surface area contributed by atoms with E-state index in [9.17, 15) is 19.1 Å². The van der Waals surface area contributed by atoms with Crippen LogP contribution in [-0.4, -0.2) is 23.8 Å². The zero-order valence-corrected chi connectivity index (χ0v) is 17.9. The standard InChI is InChI=1S/C24H19BrFNO4/c25-21-10-9-14(26)11-19(21)22(12-23(28)29)27-24(30)31-13-20-17-7-3-1-5-15(17)16-6-2-4-8-18(16)20/h1-11,20,22H,12-13H2,(H,27,30)(H,28,29)/t22-/m0/s1. The number of hydrogen-bond acceptors (Lipinski definition) is 3. The maximum absolute atomic E-state index is 13.7. The number of carboxylic acids is 1. The van der Waals surface area contributed by atoms with Gasteiger partial charge in [0.15, 0.2) is 0 Å². The Labute approximate surface area is 187 Å². The van der Waals surface area contributed by atoms with Crippen molar-refractivity contribution in [2.45, 2.75) is 18.4 Å². The zero-order chi connectivity index (χ0) is 22.0. The molecule has 0 spiro atoms.